The fourth-order valence-corrected chi connectivity index (χ4v) is 7.98. The Bertz CT molecular complexity index is 583. The molecule has 0 spiro atoms. The van der Waals surface area contributed by atoms with Gasteiger partial charge in [-0.25, -0.2) is 8.42 Å². The number of aliphatic hydroxyl groups excluding tert-OH is 1. The summed E-state index contributed by atoms with van der Waals surface area (Å²) in [5.74, 6) is 0. The van der Waals surface area contributed by atoms with E-state index in [2.05, 4.69) is 5.10 Å². The lowest BCUT2D eigenvalue weighted by atomic mass is 10.4. The van der Waals surface area contributed by atoms with Crippen LogP contribution in [0.5, 0.6) is 0 Å². The molecule has 2 unspecified atom stereocenters. The van der Waals surface area contributed by atoms with Crippen LogP contribution < -0.4 is 0 Å². The van der Waals surface area contributed by atoms with Crippen LogP contribution >= 0.6 is 17.5 Å². The number of aliphatic hydroxyl groups is 1. The third-order valence-corrected chi connectivity index (χ3v) is 9.76. The van der Waals surface area contributed by atoms with Gasteiger partial charge in [0.15, 0.2) is 5.03 Å². The van der Waals surface area contributed by atoms with Crippen LogP contribution in [0.3, 0.4) is 0 Å². The van der Waals surface area contributed by atoms with E-state index in [9.17, 15) is 13.5 Å². The van der Waals surface area contributed by atoms with Crippen molar-refractivity contribution in [1.82, 2.24) is 13.6 Å². The van der Waals surface area contributed by atoms with E-state index in [1.165, 1.54) is 4.68 Å². The van der Waals surface area contributed by atoms with Gasteiger partial charge in [-0.3, -0.25) is 4.68 Å². The maximum Gasteiger partial charge on any atom is 0.268 e. The van der Waals surface area contributed by atoms with E-state index >= 15 is 0 Å². The molecule has 2 aliphatic rings. The zero-order valence-electron chi connectivity index (χ0n) is 11.9. The van der Waals surface area contributed by atoms with Gasteiger partial charge in [0.1, 0.15) is 0 Å². The van der Waals surface area contributed by atoms with Crippen LogP contribution in [0.4, 0.5) is 0 Å². The Kier molecular flexibility index (Phi) is 4.68. The number of hydrogen-bond acceptors (Lipinski definition) is 4. The minimum atomic E-state index is -3.48. The molecule has 2 aliphatic carbocycles. The van der Waals surface area contributed by atoms with Crippen LogP contribution in [0.1, 0.15) is 32.6 Å². The molecule has 0 aliphatic heterocycles. The highest BCUT2D eigenvalue weighted by Crippen LogP contribution is 2.54. The molecule has 21 heavy (non-hydrogen) atoms. The van der Waals surface area contributed by atoms with Crippen molar-refractivity contribution in [2.24, 2.45) is 0 Å². The molecule has 0 amide bonds. The van der Waals surface area contributed by atoms with Gasteiger partial charge in [0.25, 0.3) is 10.0 Å². The first-order valence-electron chi connectivity index (χ1n) is 7.24. The van der Waals surface area contributed by atoms with Gasteiger partial charge < -0.3 is 5.11 Å². The van der Waals surface area contributed by atoms with Crippen molar-refractivity contribution in [3.8, 4) is 0 Å². The van der Waals surface area contributed by atoms with Crippen molar-refractivity contribution in [1.29, 1.82) is 0 Å². The predicted octanol–water partition coefficient (Wildman–Crippen LogP) is 1.77. The van der Waals surface area contributed by atoms with Gasteiger partial charge in [-0.15, -0.1) is 0 Å². The molecule has 3 atom stereocenters. The fourth-order valence-electron chi connectivity index (χ4n) is 1.88. The van der Waals surface area contributed by atoms with Crippen molar-refractivity contribution in [3.05, 3.63) is 12.3 Å². The summed E-state index contributed by atoms with van der Waals surface area (Å²) in [6.07, 6.45) is 5.68. The Morgan fingerprint density at radius 3 is 2.43 bits per heavy atom. The van der Waals surface area contributed by atoms with Gasteiger partial charge in [-0.1, -0.05) is 0 Å². The van der Waals surface area contributed by atoms with E-state index in [1.807, 2.05) is 0 Å². The van der Waals surface area contributed by atoms with Crippen LogP contribution in [0.25, 0.3) is 0 Å². The molecular weight excluding hydrogens is 328 g/mol. The number of sulfonamides is 1. The molecule has 0 aromatic carbocycles. The maximum absolute atomic E-state index is 12.8. The van der Waals surface area contributed by atoms with Crippen LogP contribution in [0.15, 0.2) is 17.3 Å². The topological polar surface area (TPSA) is 75.4 Å². The van der Waals surface area contributed by atoms with E-state index in [-0.39, 0.29) is 5.03 Å². The number of hydrogen-bond donors (Lipinski definition) is 1. The molecule has 2 fully saturated rings. The Labute approximate surface area is 129 Å². The summed E-state index contributed by atoms with van der Waals surface area (Å²) in [5.41, 5.74) is 1.12. The fraction of sp³-hybridized carbons (Fsp3) is 0.750. The first kappa shape index (κ1) is 15.8. The van der Waals surface area contributed by atoms with E-state index in [0.717, 1.165) is 25.7 Å². The third kappa shape index (κ3) is 4.23. The largest absolute Gasteiger partial charge is 0.391 e. The lowest BCUT2D eigenvalue weighted by Crippen LogP contribution is -2.19. The summed E-state index contributed by atoms with van der Waals surface area (Å²) in [5, 5.41) is 13.6. The van der Waals surface area contributed by atoms with Crippen molar-refractivity contribution in [2.45, 2.75) is 61.6 Å². The Balaban J connectivity index is 1.76. The Hall–Kier alpha value is -0.0600. The van der Waals surface area contributed by atoms with E-state index in [1.54, 1.807) is 23.0 Å². The molecule has 0 bridgehead atoms. The molecule has 9 heteroatoms. The monoisotopic (exact) mass is 349 g/mol. The minimum absolute atomic E-state index is 0.115. The summed E-state index contributed by atoms with van der Waals surface area (Å²) in [7, 11) is -2.75. The van der Waals surface area contributed by atoms with Crippen LogP contribution in [0, 0.1) is 0 Å². The first-order chi connectivity index (χ1) is 9.95. The van der Waals surface area contributed by atoms with E-state index < -0.39 is 16.1 Å². The molecule has 6 nitrogen and oxygen atoms in total. The zero-order valence-corrected chi connectivity index (χ0v) is 14.8. The highest BCUT2D eigenvalue weighted by Gasteiger charge is 2.37. The standard InChI is InChI=1S/C12H21N3O3P2S/c1-9(16)8-14-7-6-12(13-14)21(17,18)15(19-10-2-3-10)20-11-4-5-11/h6-7,9-11,16,19-20H,2-5,8H2,1H3/t9-/m0/s1. The molecule has 1 N–H and O–H groups in total. The molecule has 118 valence electrons. The third-order valence-electron chi connectivity index (χ3n) is 3.33. The van der Waals surface area contributed by atoms with Gasteiger partial charge in [0, 0.05) is 6.20 Å². The first-order valence-corrected chi connectivity index (χ1v) is 10.7. The summed E-state index contributed by atoms with van der Waals surface area (Å²) >= 11 is 0. The average Bonchev–Trinajstić information content (AvgIpc) is 3.31. The SMILES string of the molecule is C[C@H](O)Cn1ccc(S(=O)(=O)N(PC2CC2)PC2CC2)n1. The van der Waals surface area contributed by atoms with Crippen molar-refractivity contribution < 1.29 is 13.5 Å². The van der Waals surface area contributed by atoms with Crippen molar-refractivity contribution in [3.63, 3.8) is 0 Å². The smallest absolute Gasteiger partial charge is 0.268 e. The summed E-state index contributed by atoms with van der Waals surface area (Å²) in [6, 6.07) is 1.54. The normalized spacial score (nSPS) is 22.0. The molecule has 0 radical (unpaired) electrons. The zero-order chi connectivity index (χ0) is 15.0. The van der Waals surface area contributed by atoms with Gasteiger partial charge >= 0.3 is 0 Å². The van der Waals surface area contributed by atoms with Gasteiger partial charge in [0.2, 0.25) is 0 Å². The summed E-state index contributed by atoms with van der Waals surface area (Å²) in [4.78, 5) is 0. The quantitative estimate of drug-likeness (QED) is 0.726. The number of rotatable bonds is 8. The molecule has 3 rings (SSSR count). The van der Waals surface area contributed by atoms with Crippen LogP contribution in [-0.4, -0.2) is 44.6 Å². The van der Waals surface area contributed by atoms with E-state index in [4.69, 9.17) is 0 Å². The highest BCUT2D eigenvalue weighted by molar-refractivity contribution is 7.97. The minimum Gasteiger partial charge on any atom is -0.391 e. The Morgan fingerprint density at radius 1 is 1.38 bits per heavy atom. The van der Waals surface area contributed by atoms with Gasteiger partial charge in [-0.05, 0) is 67.5 Å². The van der Waals surface area contributed by atoms with Gasteiger partial charge in [0.05, 0.1) is 12.6 Å². The lowest BCUT2D eigenvalue weighted by Gasteiger charge is -2.20. The number of nitrogens with zero attached hydrogens (tertiary/aromatic N) is 3. The summed E-state index contributed by atoms with van der Waals surface area (Å²) in [6.45, 7) is 1.97. The molecular formula is C12H21N3O3P2S. The second kappa shape index (κ2) is 6.21. The predicted molar refractivity (Wildman–Crippen MR) is 85.6 cm³/mol. The molecule has 1 aromatic rings. The second-order valence-corrected chi connectivity index (χ2v) is 11.7. The molecule has 2 saturated carbocycles. The lowest BCUT2D eigenvalue weighted by molar-refractivity contribution is 0.168. The van der Waals surface area contributed by atoms with Gasteiger partial charge in [-0.2, -0.15) is 8.94 Å². The molecule has 0 saturated heterocycles. The molecule has 1 heterocycles. The van der Waals surface area contributed by atoms with Crippen LogP contribution in [-0.2, 0) is 16.6 Å². The van der Waals surface area contributed by atoms with Crippen LogP contribution in [0.2, 0.25) is 0 Å². The van der Waals surface area contributed by atoms with Crippen molar-refractivity contribution in [2.75, 3.05) is 0 Å². The van der Waals surface area contributed by atoms with E-state index in [0.29, 0.717) is 35.3 Å². The Morgan fingerprint density at radius 2 is 1.95 bits per heavy atom. The second-order valence-electron chi connectivity index (χ2n) is 5.80. The maximum atomic E-state index is 12.8. The number of aromatic nitrogens is 2. The molecule has 1 aromatic heterocycles. The summed E-state index contributed by atoms with van der Waals surface area (Å²) < 4.78 is 28.7. The average molecular weight is 349 g/mol. The van der Waals surface area contributed by atoms with Crippen molar-refractivity contribution >= 4 is 27.5 Å². The highest BCUT2D eigenvalue weighted by atomic mass is 32.2.